The van der Waals surface area contributed by atoms with Gasteiger partial charge in [0.25, 0.3) is 11.7 Å². The maximum absolute atomic E-state index is 14.9. The van der Waals surface area contributed by atoms with Crippen LogP contribution in [-0.4, -0.2) is 40.9 Å². The van der Waals surface area contributed by atoms with Crippen molar-refractivity contribution < 1.29 is 28.6 Å². The third-order valence-corrected chi connectivity index (χ3v) is 5.50. The van der Waals surface area contributed by atoms with E-state index in [1.807, 2.05) is 0 Å². The van der Waals surface area contributed by atoms with E-state index in [4.69, 9.17) is 9.47 Å². The van der Waals surface area contributed by atoms with Crippen LogP contribution in [0.3, 0.4) is 0 Å². The summed E-state index contributed by atoms with van der Waals surface area (Å²) >= 11 is 0. The van der Waals surface area contributed by atoms with E-state index in [0.29, 0.717) is 11.3 Å². The molecule has 0 saturated carbocycles. The molecule has 1 unspecified atom stereocenters. The second-order valence-electron chi connectivity index (χ2n) is 7.37. The fourth-order valence-electron chi connectivity index (χ4n) is 3.89. The molecule has 1 aliphatic heterocycles. The summed E-state index contributed by atoms with van der Waals surface area (Å²) in [5.41, 5.74) is 0.715. The first-order chi connectivity index (χ1) is 16.0. The molecule has 1 aliphatic rings. The maximum atomic E-state index is 14.9. The Kier molecular flexibility index (Phi) is 6.08. The van der Waals surface area contributed by atoms with Crippen LogP contribution in [0.2, 0.25) is 0 Å². The van der Waals surface area contributed by atoms with Gasteiger partial charge in [-0.2, -0.15) is 0 Å². The van der Waals surface area contributed by atoms with Crippen LogP contribution in [0.5, 0.6) is 11.5 Å². The Balaban J connectivity index is 1.93. The number of rotatable bonds is 6. The molecule has 1 saturated heterocycles. The predicted octanol–water partition coefficient (Wildman–Crippen LogP) is 3.86. The van der Waals surface area contributed by atoms with E-state index in [2.05, 4.69) is 4.98 Å². The topological polar surface area (TPSA) is 89.0 Å². The van der Waals surface area contributed by atoms with Gasteiger partial charge in [0.05, 0.1) is 31.4 Å². The molecule has 7 nitrogen and oxygen atoms in total. The van der Waals surface area contributed by atoms with E-state index in [1.54, 1.807) is 42.7 Å². The van der Waals surface area contributed by atoms with Gasteiger partial charge in [0.2, 0.25) is 0 Å². The number of carbonyl (C=O) groups excluding carboxylic acids is 2. The summed E-state index contributed by atoms with van der Waals surface area (Å²) in [6, 6.07) is 12.8. The predicted molar refractivity (Wildman–Crippen MR) is 118 cm³/mol. The molecule has 1 fully saturated rings. The first kappa shape index (κ1) is 22.0. The second kappa shape index (κ2) is 9.12. The van der Waals surface area contributed by atoms with E-state index in [0.717, 1.165) is 0 Å². The number of aliphatic hydroxyl groups is 1. The molecular weight excluding hydrogens is 427 g/mol. The molecule has 2 heterocycles. The third kappa shape index (κ3) is 4.03. The third-order valence-electron chi connectivity index (χ3n) is 5.50. The molecule has 1 atom stereocenters. The molecule has 1 aromatic heterocycles. The van der Waals surface area contributed by atoms with Crippen LogP contribution in [0.15, 0.2) is 72.6 Å². The fraction of sp³-hybridized carbons (Fsp3) is 0.160. The number of halogens is 1. The number of carbonyl (C=O) groups is 2. The van der Waals surface area contributed by atoms with Gasteiger partial charge in [0.15, 0.2) is 0 Å². The van der Waals surface area contributed by atoms with Gasteiger partial charge in [-0.15, -0.1) is 0 Å². The Morgan fingerprint density at radius 1 is 1.06 bits per heavy atom. The zero-order valence-electron chi connectivity index (χ0n) is 18.0. The summed E-state index contributed by atoms with van der Waals surface area (Å²) in [7, 11) is 2.87. The molecule has 8 heteroatoms. The number of benzene rings is 2. The highest BCUT2D eigenvalue weighted by molar-refractivity contribution is 6.46. The zero-order chi connectivity index (χ0) is 23.5. The molecular formula is C25H21FN2O5. The van der Waals surface area contributed by atoms with Gasteiger partial charge in [-0.3, -0.25) is 14.6 Å². The van der Waals surface area contributed by atoms with Crippen molar-refractivity contribution in [1.82, 2.24) is 9.88 Å². The Hall–Kier alpha value is -4.20. The summed E-state index contributed by atoms with van der Waals surface area (Å²) in [5.74, 6) is -2.17. The Morgan fingerprint density at radius 3 is 2.45 bits per heavy atom. The maximum Gasteiger partial charge on any atom is 0.295 e. The molecule has 0 aliphatic carbocycles. The quantitative estimate of drug-likeness (QED) is 0.350. The Morgan fingerprint density at radius 2 is 1.79 bits per heavy atom. The van der Waals surface area contributed by atoms with Crippen molar-refractivity contribution in [3.05, 3.63) is 95.1 Å². The van der Waals surface area contributed by atoms with Crippen molar-refractivity contribution in [3.63, 3.8) is 0 Å². The minimum absolute atomic E-state index is 0.0259. The number of likely N-dealkylation sites (tertiary alicyclic amines) is 1. The molecule has 0 spiro atoms. The Labute approximate surface area is 189 Å². The SMILES string of the molecule is COc1ccc(OC)c(/C(O)=C2\C(=O)C(=O)N(Cc3ccncc3)C2c2ccccc2F)c1. The van der Waals surface area contributed by atoms with Crippen molar-refractivity contribution in [2.45, 2.75) is 12.6 Å². The number of ketones is 1. The van der Waals surface area contributed by atoms with Gasteiger partial charge in [0, 0.05) is 24.5 Å². The molecule has 4 rings (SSSR count). The highest BCUT2D eigenvalue weighted by Crippen LogP contribution is 2.42. The van der Waals surface area contributed by atoms with Crippen LogP contribution in [0.4, 0.5) is 4.39 Å². The zero-order valence-corrected chi connectivity index (χ0v) is 18.0. The minimum Gasteiger partial charge on any atom is -0.507 e. The average molecular weight is 448 g/mol. The van der Waals surface area contributed by atoms with Crippen LogP contribution < -0.4 is 9.47 Å². The van der Waals surface area contributed by atoms with Crippen molar-refractivity contribution in [3.8, 4) is 11.5 Å². The van der Waals surface area contributed by atoms with E-state index in [1.165, 1.54) is 43.4 Å². The van der Waals surface area contributed by atoms with Gasteiger partial charge in [0.1, 0.15) is 23.1 Å². The molecule has 3 aromatic rings. The lowest BCUT2D eigenvalue weighted by Crippen LogP contribution is -2.29. The number of nitrogens with zero attached hydrogens (tertiary/aromatic N) is 2. The summed E-state index contributed by atoms with van der Waals surface area (Å²) in [4.78, 5) is 31.4. The number of amides is 1. The number of Topliss-reactive ketones (excluding diaryl/α,β-unsaturated/α-hetero) is 1. The van der Waals surface area contributed by atoms with Crippen molar-refractivity contribution in [1.29, 1.82) is 0 Å². The van der Waals surface area contributed by atoms with E-state index in [-0.39, 0.29) is 29.0 Å². The molecule has 1 amide bonds. The average Bonchev–Trinajstić information content (AvgIpc) is 3.09. The number of hydrogen-bond donors (Lipinski definition) is 1. The molecule has 2 aromatic carbocycles. The largest absolute Gasteiger partial charge is 0.507 e. The molecule has 1 N–H and O–H groups in total. The molecule has 0 bridgehead atoms. The lowest BCUT2D eigenvalue weighted by Gasteiger charge is -2.26. The number of pyridine rings is 1. The lowest BCUT2D eigenvalue weighted by molar-refractivity contribution is -0.140. The summed E-state index contributed by atoms with van der Waals surface area (Å²) in [6.07, 6.45) is 3.12. The number of methoxy groups -OCH3 is 2. The highest BCUT2D eigenvalue weighted by Gasteiger charge is 2.47. The molecule has 33 heavy (non-hydrogen) atoms. The lowest BCUT2D eigenvalue weighted by atomic mass is 9.94. The number of aliphatic hydroxyl groups excluding tert-OH is 1. The normalized spacial score (nSPS) is 17.3. The summed E-state index contributed by atoms with van der Waals surface area (Å²) in [5, 5.41) is 11.3. The smallest absolute Gasteiger partial charge is 0.295 e. The van der Waals surface area contributed by atoms with Crippen molar-refractivity contribution in [2.24, 2.45) is 0 Å². The summed E-state index contributed by atoms with van der Waals surface area (Å²) < 4.78 is 25.5. The van der Waals surface area contributed by atoms with Gasteiger partial charge in [-0.1, -0.05) is 18.2 Å². The Bertz CT molecular complexity index is 1240. The highest BCUT2D eigenvalue weighted by atomic mass is 19.1. The van der Waals surface area contributed by atoms with Crippen LogP contribution in [-0.2, 0) is 16.1 Å². The van der Waals surface area contributed by atoms with Crippen LogP contribution in [0.1, 0.15) is 22.7 Å². The first-order valence-electron chi connectivity index (χ1n) is 10.1. The van der Waals surface area contributed by atoms with Gasteiger partial charge in [-0.25, -0.2) is 4.39 Å². The monoisotopic (exact) mass is 448 g/mol. The molecule has 168 valence electrons. The van der Waals surface area contributed by atoms with E-state index in [9.17, 15) is 19.1 Å². The van der Waals surface area contributed by atoms with Gasteiger partial charge in [-0.05, 0) is 42.0 Å². The van der Waals surface area contributed by atoms with E-state index < -0.39 is 29.3 Å². The van der Waals surface area contributed by atoms with Gasteiger partial charge >= 0.3 is 0 Å². The second-order valence-corrected chi connectivity index (χ2v) is 7.37. The minimum atomic E-state index is -1.14. The van der Waals surface area contributed by atoms with Crippen molar-refractivity contribution >= 4 is 17.4 Å². The fourth-order valence-corrected chi connectivity index (χ4v) is 3.89. The van der Waals surface area contributed by atoms with E-state index >= 15 is 0 Å². The summed E-state index contributed by atoms with van der Waals surface area (Å²) in [6.45, 7) is 0.0259. The van der Waals surface area contributed by atoms with Crippen LogP contribution >= 0.6 is 0 Å². The number of hydrogen-bond acceptors (Lipinski definition) is 6. The van der Waals surface area contributed by atoms with Crippen LogP contribution in [0, 0.1) is 5.82 Å². The number of ether oxygens (including phenoxy) is 2. The van der Waals surface area contributed by atoms with Crippen LogP contribution in [0.25, 0.3) is 5.76 Å². The molecule has 0 radical (unpaired) electrons. The standard InChI is InChI=1S/C25H21FN2O5/c1-32-16-7-8-20(33-2)18(13-16)23(29)21-22(17-5-3-4-6-19(17)26)28(25(31)24(21)30)14-15-9-11-27-12-10-15/h3-13,22,29H,14H2,1-2H3/b23-21+. The van der Waals surface area contributed by atoms with Crippen molar-refractivity contribution in [2.75, 3.05) is 14.2 Å². The number of aromatic nitrogens is 1. The first-order valence-corrected chi connectivity index (χ1v) is 10.1. The van der Waals surface area contributed by atoms with Gasteiger partial charge < -0.3 is 19.5 Å².